The number of amides is 1. The van der Waals surface area contributed by atoms with Gasteiger partial charge in [-0.25, -0.2) is 0 Å². The smallest absolute Gasteiger partial charge is 0.320 e. The molecule has 1 fully saturated rings. The third-order valence-corrected chi connectivity index (χ3v) is 4.62. The maximum atomic E-state index is 12.7. The van der Waals surface area contributed by atoms with E-state index in [1.165, 1.54) is 7.11 Å². The Morgan fingerprint density at radius 1 is 1.29 bits per heavy atom. The van der Waals surface area contributed by atoms with E-state index in [0.29, 0.717) is 48.9 Å². The molecule has 24 heavy (non-hydrogen) atoms. The number of carbonyl (C=O) groups excluding carboxylic acids is 1. The molecule has 1 aromatic carbocycles. The van der Waals surface area contributed by atoms with Crippen LogP contribution in [0.5, 0.6) is 5.75 Å². The van der Waals surface area contributed by atoms with Crippen molar-refractivity contribution < 1.29 is 19.4 Å². The van der Waals surface area contributed by atoms with Crippen molar-refractivity contribution in [3.8, 4) is 5.75 Å². The van der Waals surface area contributed by atoms with Gasteiger partial charge in [0.1, 0.15) is 11.8 Å². The second-order valence-corrected chi connectivity index (χ2v) is 6.20. The topological polar surface area (TPSA) is 70.1 Å². The fourth-order valence-corrected chi connectivity index (χ4v) is 3.28. The lowest BCUT2D eigenvalue weighted by Crippen LogP contribution is -2.43. The summed E-state index contributed by atoms with van der Waals surface area (Å²) >= 11 is 6.09. The molecule has 1 aliphatic rings. The van der Waals surface area contributed by atoms with Gasteiger partial charge < -0.3 is 14.7 Å². The van der Waals surface area contributed by atoms with Crippen LogP contribution in [-0.2, 0) is 4.79 Å². The summed E-state index contributed by atoms with van der Waals surface area (Å²) in [5.41, 5.74) is 0.513. The Bertz CT molecular complexity index is 608. The number of ether oxygens (including phenoxy) is 1. The normalized spacial score (nSPS) is 17.2. The molecular weight excluding hydrogens is 332 g/mol. The number of rotatable bonds is 5. The average molecular weight is 355 g/mol. The first-order valence-electron chi connectivity index (χ1n) is 8.07. The average Bonchev–Trinajstić information content (AvgIpc) is 2.80. The molecule has 1 N–H and O–H groups in total. The molecule has 0 aromatic heterocycles. The van der Waals surface area contributed by atoms with Gasteiger partial charge in [-0.3, -0.25) is 14.5 Å². The Hall–Kier alpha value is -1.79. The predicted molar refractivity (Wildman–Crippen MR) is 91.8 cm³/mol. The molecule has 2 rings (SSSR count). The molecule has 1 atom stereocenters. The molecule has 1 heterocycles. The number of benzene rings is 1. The highest BCUT2D eigenvalue weighted by Crippen LogP contribution is 2.25. The zero-order valence-corrected chi connectivity index (χ0v) is 14.8. The van der Waals surface area contributed by atoms with Crippen molar-refractivity contribution in [2.75, 3.05) is 33.3 Å². The van der Waals surface area contributed by atoms with Crippen molar-refractivity contribution in [3.05, 3.63) is 28.8 Å². The fourth-order valence-electron chi connectivity index (χ4n) is 3.02. The van der Waals surface area contributed by atoms with Gasteiger partial charge in [0.25, 0.3) is 5.91 Å². The molecule has 7 heteroatoms. The van der Waals surface area contributed by atoms with Crippen LogP contribution in [-0.4, -0.2) is 66.1 Å². The zero-order chi connectivity index (χ0) is 17.7. The van der Waals surface area contributed by atoms with Crippen molar-refractivity contribution in [2.24, 2.45) is 0 Å². The molecular formula is C17H23ClN2O4. The summed E-state index contributed by atoms with van der Waals surface area (Å²) in [4.78, 5) is 27.7. The van der Waals surface area contributed by atoms with Crippen molar-refractivity contribution in [1.29, 1.82) is 0 Å². The third kappa shape index (κ3) is 4.19. The molecule has 132 valence electrons. The van der Waals surface area contributed by atoms with E-state index in [1.807, 2.05) is 11.8 Å². The van der Waals surface area contributed by atoms with E-state index in [4.69, 9.17) is 16.3 Å². The lowest BCUT2D eigenvalue weighted by Gasteiger charge is -2.26. The zero-order valence-electron chi connectivity index (χ0n) is 14.0. The maximum Gasteiger partial charge on any atom is 0.320 e. The third-order valence-electron chi connectivity index (χ3n) is 4.33. The second kappa shape index (κ2) is 8.35. The Morgan fingerprint density at radius 3 is 2.62 bits per heavy atom. The van der Waals surface area contributed by atoms with E-state index in [1.54, 1.807) is 23.1 Å². The highest BCUT2D eigenvalue weighted by molar-refractivity contribution is 6.32. The summed E-state index contributed by atoms with van der Waals surface area (Å²) in [5, 5.41) is 9.70. The van der Waals surface area contributed by atoms with E-state index >= 15 is 0 Å². The van der Waals surface area contributed by atoms with Crippen LogP contribution >= 0.6 is 11.6 Å². The highest BCUT2D eigenvalue weighted by atomic mass is 35.5. The number of hydrogen-bond acceptors (Lipinski definition) is 4. The Kier molecular flexibility index (Phi) is 6.45. The SMILES string of the molecule is CCC(C(=O)O)N1CCCN(C(=O)c2ccc(OC)c(Cl)c2)CC1. The molecule has 0 radical (unpaired) electrons. The quantitative estimate of drug-likeness (QED) is 0.879. The second-order valence-electron chi connectivity index (χ2n) is 5.79. The van der Waals surface area contributed by atoms with Crippen LogP contribution in [0.3, 0.4) is 0 Å². The van der Waals surface area contributed by atoms with Crippen molar-refractivity contribution in [1.82, 2.24) is 9.80 Å². The summed E-state index contributed by atoms with van der Waals surface area (Å²) < 4.78 is 5.10. The highest BCUT2D eigenvalue weighted by Gasteiger charge is 2.27. The minimum Gasteiger partial charge on any atom is -0.495 e. The van der Waals surface area contributed by atoms with Crippen molar-refractivity contribution in [2.45, 2.75) is 25.8 Å². The van der Waals surface area contributed by atoms with E-state index in [9.17, 15) is 14.7 Å². The van der Waals surface area contributed by atoms with Gasteiger partial charge in [0.2, 0.25) is 0 Å². The molecule has 0 bridgehead atoms. The molecule has 1 amide bonds. The number of carbonyl (C=O) groups is 2. The van der Waals surface area contributed by atoms with Gasteiger partial charge in [-0.05, 0) is 31.0 Å². The van der Waals surface area contributed by atoms with Crippen molar-refractivity contribution in [3.63, 3.8) is 0 Å². The number of aliphatic carboxylic acids is 1. The number of carboxylic acid groups (broad SMARTS) is 1. The summed E-state index contributed by atoms with van der Waals surface area (Å²) in [5.74, 6) is -0.369. The largest absolute Gasteiger partial charge is 0.495 e. The first kappa shape index (κ1) is 18.5. The molecule has 1 aliphatic heterocycles. The molecule has 0 spiro atoms. The Balaban J connectivity index is 2.06. The minimum atomic E-state index is -0.806. The molecule has 1 saturated heterocycles. The van der Waals surface area contributed by atoms with Crippen LogP contribution in [0, 0.1) is 0 Å². The van der Waals surface area contributed by atoms with E-state index in [-0.39, 0.29) is 5.91 Å². The van der Waals surface area contributed by atoms with Gasteiger partial charge in [0.05, 0.1) is 12.1 Å². The number of carboxylic acids is 1. The first-order chi connectivity index (χ1) is 11.5. The minimum absolute atomic E-state index is 0.0928. The van der Waals surface area contributed by atoms with Crippen LogP contribution in [0.15, 0.2) is 18.2 Å². The molecule has 0 aliphatic carbocycles. The molecule has 1 unspecified atom stereocenters. The summed E-state index contributed by atoms with van der Waals surface area (Å²) in [7, 11) is 1.53. The summed E-state index contributed by atoms with van der Waals surface area (Å²) in [6, 6.07) is 4.49. The van der Waals surface area contributed by atoms with Gasteiger partial charge >= 0.3 is 5.97 Å². The molecule has 0 saturated carbocycles. The number of hydrogen-bond donors (Lipinski definition) is 1. The van der Waals surface area contributed by atoms with Gasteiger partial charge in [-0.15, -0.1) is 0 Å². The monoisotopic (exact) mass is 354 g/mol. The lowest BCUT2D eigenvalue weighted by molar-refractivity contribution is -0.143. The van der Waals surface area contributed by atoms with E-state index in [2.05, 4.69) is 0 Å². The van der Waals surface area contributed by atoms with Gasteiger partial charge in [0.15, 0.2) is 0 Å². The van der Waals surface area contributed by atoms with Gasteiger partial charge in [-0.1, -0.05) is 18.5 Å². The number of nitrogens with zero attached hydrogens (tertiary/aromatic N) is 2. The maximum absolute atomic E-state index is 12.7. The van der Waals surface area contributed by atoms with Crippen LogP contribution in [0.4, 0.5) is 0 Å². The summed E-state index contributed by atoms with van der Waals surface area (Å²) in [6.07, 6.45) is 1.30. The van der Waals surface area contributed by atoms with E-state index in [0.717, 1.165) is 6.42 Å². The first-order valence-corrected chi connectivity index (χ1v) is 8.45. The fraction of sp³-hybridized carbons (Fsp3) is 0.529. The number of methoxy groups -OCH3 is 1. The standard InChI is InChI=1S/C17H23ClN2O4/c1-3-14(17(22)23)19-7-4-8-20(10-9-19)16(21)12-5-6-15(24-2)13(18)11-12/h5-6,11,14H,3-4,7-10H2,1-2H3,(H,22,23). The number of halogens is 1. The lowest BCUT2D eigenvalue weighted by atomic mass is 10.2. The van der Waals surface area contributed by atoms with Crippen LogP contribution in [0.25, 0.3) is 0 Å². The van der Waals surface area contributed by atoms with Gasteiger partial charge in [0, 0.05) is 31.7 Å². The summed E-state index contributed by atoms with van der Waals surface area (Å²) in [6.45, 7) is 4.21. The molecule has 1 aromatic rings. The van der Waals surface area contributed by atoms with Crippen LogP contribution < -0.4 is 4.74 Å². The van der Waals surface area contributed by atoms with Crippen LogP contribution in [0.1, 0.15) is 30.1 Å². The Morgan fingerprint density at radius 2 is 2.04 bits per heavy atom. The van der Waals surface area contributed by atoms with Crippen LogP contribution in [0.2, 0.25) is 5.02 Å². The van der Waals surface area contributed by atoms with Gasteiger partial charge in [-0.2, -0.15) is 0 Å². The predicted octanol–water partition coefficient (Wildman–Crippen LogP) is 2.36. The Labute approximate surface area is 146 Å². The van der Waals surface area contributed by atoms with Crippen molar-refractivity contribution >= 4 is 23.5 Å². The van der Waals surface area contributed by atoms with E-state index < -0.39 is 12.0 Å². The molecule has 6 nitrogen and oxygen atoms in total.